The number of nitrogens with zero attached hydrogens (tertiary/aromatic N) is 1. The zero-order chi connectivity index (χ0) is 18.4. The van der Waals surface area contributed by atoms with Crippen molar-refractivity contribution in [3.05, 3.63) is 51.8 Å². The topological polar surface area (TPSA) is 68.5 Å². The lowest BCUT2D eigenvalue weighted by molar-refractivity contribution is 0.0523. The Morgan fingerprint density at radius 3 is 2.68 bits per heavy atom. The van der Waals surface area contributed by atoms with Crippen molar-refractivity contribution in [1.82, 2.24) is 4.57 Å². The van der Waals surface area contributed by atoms with Gasteiger partial charge in [-0.1, -0.05) is 26.8 Å². The molecule has 1 aromatic heterocycles. The molecular formula is C20H23NO4. The summed E-state index contributed by atoms with van der Waals surface area (Å²) in [5.74, 6) is -0.446. The monoisotopic (exact) mass is 341 g/mol. The van der Waals surface area contributed by atoms with Gasteiger partial charge < -0.3 is 14.4 Å². The van der Waals surface area contributed by atoms with Crippen molar-refractivity contribution in [3.63, 3.8) is 0 Å². The lowest BCUT2D eigenvalue weighted by Crippen LogP contribution is -2.33. The Bertz CT molecular complexity index is 890. The molecule has 2 aromatic rings. The van der Waals surface area contributed by atoms with Crippen LogP contribution in [0.5, 0.6) is 5.75 Å². The number of aromatic nitrogens is 1. The van der Waals surface area contributed by atoms with Crippen LogP contribution in [0.1, 0.15) is 49.7 Å². The Hall–Kier alpha value is -2.56. The summed E-state index contributed by atoms with van der Waals surface area (Å²) in [6.45, 7) is 8.34. The molecule has 0 unspecified atom stereocenters. The number of esters is 1. The summed E-state index contributed by atoms with van der Waals surface area (Å²) in [6.07, 6.45) is 2.37. The molecule has 132 valence electrons. The van der Waals surface area contributed by atoms with Crippen LogP contribution in [0.15, 0.2) is 35.3 Å². The summed E-state index contributed by atoms with van der Waals surface area (Å²) >= 11 is 0. The van der Waals surface area contributed by atoms with Crippen LogP contribution in [-0.4, -0.2) is 22.2 Å². The van der Waals surface area contributed by atoms with E-state index in [1.807, 2.05) is 10.6 Å². The molecule has 25 heavy (non-hydrogen) atoms. The molecule has 1 atom stereocenters. The predicted molar refractivity (Wildman–Crippen MR) is 96.0 cm³/mol. The van der Waals surface area contributed by atoms with E-state index in [4.69, 9.17) is 4.74 Å². The van der Waals surface area contributed by atoms with Crippen molar-refractivity contribution in [1.29, 1.82) is 0 Å². The van der Waals surface area contributed by atoms with E-state index < -0.39 is 5.97 Å². The van der Waals surface area contributed by atoms with Crippen LogP contribution >= 0.6 is 0 Å². The number of carbonyl (C=O) groups excluding carboxylic acids is 1. The summed E-state index contributed by atoms with van der Waals surface area (Å²) in [6, 6.07) is 6.79. The minimum atomic E-state index is -0.600. The van der Waals surface area contributed by atoms with E-state index in [-0.39, 0.29) is 34.8 Å². The van der Waals surface area contributed by atoms with Crippen LogP contribution in [0, 0.1) is 5.41 Å². The number of fused-ring (bicyclic) bond motifs is 3. The Kier molecular flexibility index (Phi) is 4.19. The van der Waals surface area contributed by atoms with Gasteiger partial charge in [-0.05, 0) is 36.5 Å². The molecular weight excluding hydrogens is 318 g/mol. The molecule has 1 aliphatic heterocycles. The van der Waals surface area contributed by atoms with Crippen LogP contribution in [0.4, 0.5) is 0 Å². The van der Waals surface area contributed by atoms with Crippen LogP contribution in [0.2, 0.25) is 0 Å². The first-order valence-electron chi connectivity index (χ1n) is 8.48. The molecule has 1 aromatic carbocycles. The van der Waals surface area contributed by atoms with Gasteiger partial charge in [0, 0.05) is 23.9 Å². The van der Waals surface area contributed by atoms with Crippen LogP contribution in [0.3, 0.4) is 0 Å². The number of hydrogen-bond donors (Lipinski definition) is 1. The van der Waals surface area contributed by atoms with Gasteiger partial charge in [0.1, 0.15) is 11.3 Å². The van der Waals surface area contributed by atoms with Crippen LogP contribution in [0.25, 0.3) is 11.3 Å². The molecule has 0 fully saturated rings. The Morgan fingerprint density at radius 1 is 1.32 bits per heavy atom. The van der Waals surface area contributed by atoms with E-state index in [1.165, 1.54) is 6.07 Å². The first-order valence-corrected chi connectivity index (χ1v) is 8.48. The number of benzene rings is 1. The summed E-state index contributed by atoms with van der Waals surface area (Å²) < 4.78 is 7.00. The fraction of sp³-hybridized carbons (Fsp3) is 0.400. The highest BCUT2D eigenvalue weighted by molar-refractivity contribution is 5.89. The minimum Gasteiger partial charge on any atom is -0.508 e. The summed E-state index contributed by atoms with van der Waals surface area (Å²) in [5, 5.41) is 9.86. The fourth-order valence-corrected chi connectivity index (χ4v) is 3.40. The average Bonchev–Trinajstić information content (AvgIpc) is 2.53. The molecule has 5 nitrogen and oxygen atoms in total. The highest BCUT2D eigenvalue weighted by Crippen LogP contribution is 2.43. The number of ether oxygens (including phenoxy) is 1. The molecule has 1 aliphatic rings. The molecule has 0 aliphatic carbocycles. The van der Waals surface area contributed by atoms with Crippen molar-refractivity contribution >= 4 is 5.97 Å². The number of carbonyl (C=O) groups is 1. The van der Waals surface area contributed by atoms with E-state index in [2.05, 4.69) is 20.8 Å². The van der Waals surface area contributed by atoms with E-state index in [0.29, 0.717) is 0 Å². The Morgan fingerprint density at radius 2 is 2.04 bits per heavy atom. The number of rotatable bonds is 2. The number of aromatic hydroxyl groups is 1. The maximum absolute atomic E-state index is 12.5. The largest absolute Gasteiger partial charge is 0.508 e. The van der Waals surface area contributed by atoms with Crippen molar-refractivity contribution in [2.75, 3.05) is 6.61 Å². The second-order valence-corrected chi connectivity index (χ2v) is 7.49. The third-order valence-corrected chi connectivity index (χ3v) is 4.69. The van der Waals surface area contributed by atoms with Gasteiger partial charge in [-0.25, -0.2) is 4.79 Å². The van der Waals surface area contributed by atoms with E-state index in [1.54, 1.807) is 25.3 Å². The summed E-state index contributed by atoms with van der Waals surface area (Å²) in [4.78, 5) is 24.6. The molecule has 2 heterocycles. The third kappa shape index (κ3) is 3.06. The van der Waals surface area contributed by atoms with Crippen molar-refractivity contribution in [2.45, 2.75) is 40.2 Å². The first-order chi connectivity index (χ1) is 11.7. The molecule has 0 radical (unpaired) electrons. The van der Waals surface area contributed by atoms with Gasteiger partial charge in [-0.2, -0.15) is 0 Å². The fourth-order valence-electron chi connectivity index (χ4n) is 3.40. The van der Waals surface area contributed by atoms with Crippen LogP contribution in [-0.2, 0) is 11.2 Å². The smallest absolute Gasteiger partial charge is 0.343 e. The lowest BCUT2D eigenvalue weighted by Gasteiger charge is -2.39. The highest BCUT2D eigenvalue weighted by Gasteiger charge is 2.33. The van der Waals surface area contributed by atoms with E-state index >= 15 is 0 Å². The number of hydrogen-bond acceptors (Lipinski definition) is 4. The minimum absolute atomic E-state index is 0.0449. The van der Waals surface area contributed by atoms with E-state index in [0.717, 1.165) is 23.2 Å². The lowest BCUT2D eigenvalue weighted by atomic mass is 9.79. The maximum atomic E-state index is 12.5. The molecule has 5 heteroatoms. The van der Waals surface area contributed by atoms with Gasteiger partial charge in [0.15, 0.2) is 5.43 Å². The van der Waals surface area contributed by atoms with E-state index in [9.17, 15) is 14.7 Å². The average molecular weight is 341 g/mol. The van der Waals surface area contributed by atoms with Gasteiger partial charge >= 0.3 is 5.97 Å². The number of phenolic OH excluding ortho intramolecular Hbond substituents is 1. The quantitative estimate of drug-likeness (QED) is 0.848. The molecule has 3 rings (SSSR count). The predicted octanol–water partition coefficient (Wildman–Crippen LogP) is 3.54. The second-order valence-electron chi connectivity index (χ2n) is 7.49. The van der Waals surface area contributed by atoms with Gasteiger partial charge in [0.05, 0.1) is 12.3 Å². The number of pyridine rings is 1. The van der Waals surface area contributed by atoms with Crippen LogP contribution < -0.4 is 5.43 Å². The highest BCUT2D eigenvalue weighted by atomic mass is 16.5. The van der Waals surface area contributed by atoms with Crippen molar-refractivity contribution in [2.24, 2.45) is 5.41 Å². The van der Waals surface area contributed by atoms with Crippen molar-refractivity contribution < 1.29 is 14.6 Å². The van der Waals surface area contributed by atoms with Gasteiger partial charge in [-0.15, -0.1) is 0 Å². The SMILES string of the molecule is CCOC(=O)c1cn2c(cc1=O)-c1cc(O)ccc1C[C@H]2C(C)(C)C. The first kappa shape index (κ1) is 17.3. The van der Waals surface area contributed by atoms with Gasteiger partial charge in [-0.3, -0.25) is 4.79 Å². The molecule has 0 saturated carbocycles. The molecule has 0 saturated heterocycles. The Balaban J connectivity index is 2.26. The Labute approximate surface area is 146 Å². The zero-order valence-electron chi connectivity index (χ0n) is 15.0. The summed E-state index contributed by atoms with van der Waals surface area (Å²) in [5.41, 5.74) is 2.23. The summed E-state index contributed by atoms with van der Waals surface area (Å²) in [7, 11) is 0. The zero-order valence-corrected chi connectivity index (χ0v) is 15.0. The molecule has 1 N–H and O–H groups in total. The molecule has 0 bridgehead atoms. The molecule has 0 amide bonds. The molecule has 0 spiro atoms. The van der Waals surface area contributed by atoms with Crippen molar-refractivity contribution in [3.8, 4) is 17.0 Å². The number of phenols is 1. The second kappa shape index (κ2) is 6.06. The maximum Gasteiger partial charge on any atom is 0.343 e. The van der Waals surface area contributed by atoms with Gasteiger partial charge in [0.25, 0.3) is 0 Å². The normalized spacial score (nSPS) is 16.1. The van der Waals surface area contributed by atoms with Gasteiger partial charge in [0.2, 0.25) is 0 Å². The standard InChI is InChI=1S/C20H23NO4/c1-5-25-19(24)15-11-21-16(10-17(15)23)14-9-13(22)7-6-12(14)8-18(21)20(2,3)4/h6-7,9-11,18,22H,5,8H2,1-4H3/t18-/m0/s1. The third-order valence-electron chi connectivity index (χ3n) is 4.69.